The van der Waals surface area contributed by atoms with Gasteiger partial charge in [-0.3, -0.25) is 0 Å². The predicted octanol–water partition coefficient (Wildman–Crippen LogP) is 0.924. The van der Waals surface area contributed by atoms with E-state index < -0.39 is 16.0 Å². The van der Waals surface area contributed by atoms with Gasteiger partial charge in [0.1, 0.15) is 9.77 Å². The Bertz CT molecular complexity index is 527. The van der Waals surface area contributed by atoms with Gasteiger partial charge in [-0.05, 0) is 35.0 Å². The van der Waals surface area contributed by atoms with Crippen molar-refractivity contribution >= 4 is 43.3 Å². The van der Waals surface area contributed by atoms with Crippen LogP contribution in [0.4, 0.5) is 0 Å². The summed E-state index contributed by atoms with van der Waals surface area (Å²) in [5.74, 6) is -0.566. The van der Waals surface area contributed by atoms with Crippen molar-refractivity contribution < 1.29 is 17.9 Å². The molecule has 1 heterocycles. The van der Waals surface area contributed by atoms with E-state index in [1.165, 1.54) is 13.2 Å². The van der Waals surface area contributed by atoms with Gasteiger partial charge >= 0.3 is 5.97 Å². The van der Waals surface area contributed by atoms with Crippen LogP contribution < -0.4 is 10.5 Å². The van der Waals surface area contributed by atoms with Crippen molar-refractivity contribution in [1.82, 2.24) is 4.72 Å². The molecule has 18 heavy (non-hydrogen) atoms. The number of halogens is 1. The molecule has 0 amide bonds. The van der Waals surface area contributed by atoms with E-state index >= 15 is 0 Å². The maximum atomic E-state index is 11.9. The molecule has 102 valence electrons. The molecule has 6 nitrogen and oxygen atoms in total. The Morgan fingerprint density at radius 1 is 1.61 bits per heavy atom. The summed E-state index contributed by atoms with van der Waals surface area (Å²) in [6.45, 7) is 0.662. The minimum absolute atomic E-state index is 0.0323. The van der Waals surface area contributed by atoms with Gasteiger partial charge in [-0.2, -0.15) is 0 Å². The van der Waals surface area contributed by atoms with Crippen molar-refractivity contribution in [3.05, 3.63) is 14.7 Å². The van der Waals surface area contributed by atoms with Crippen molar-refractivity contribution in [3.8, 4) is 0 Å². The average molecular weight is 357 g/mol. The summed E-state index contributed by atoms with van der Waals surface area (Å²) in [7, 11) is -2.39. The van der Waals surface area contributed by atoms with Crippen LogP contribution in [-0.4, -0.2) is 34.6 Å². The lowest BCUT2D eigenvalue weighted by atomic mass is 10.4. The summed E-state index contributed by atoms with van der Waals surface area (Å²) < 4.78 is 31.2. The SMILES string of the molecule is COC(=O)c1cc(S(=O)(=O)NCCCN)c(Br)s1. The number of sulfonamides is 1. The van der Waals surface area contributed by atoms with Gasteiger partial charge in [0.05, 0.1) is 10.9 Å². The fourth-order valence-corrected chi connectivity index (χ4v) is 4.68. The van der Waals surface area contributed by atoms with Crippen LogP contribution in [0.15, 0.2) is 14.7 Å². The zero-order valence-electron chi connectivity index (χ0n) is 9.60. The fraction of sp³-hybridized carbons (Fsp3) is 0.444. The third-order valence-corrected chi connectivity index (χ3v) is 5.70. The minimum Gasteiger partial charge on any atom is -0.465 e. The normalized spacial score (nSPS) is 11.5. The number of carbonyl (C=O) groups excluding carboxylic acids is 1. The second-order valence-electron chi connectivity index (χ2n) is 3.28. The first-order valence-electron chi connectivity index (χ1n) is 4.99. The fourth-order valence-electron chi connectivity index (χ4n) is 1.12. The van der Waals surface area contributed by atoms with Crippen LogP contribution in [0.2, 0.25) is 0 Å². The molecule has 0 unspecified atom stereocenters. The van der Waals surface area contributed by atoms with Gasteiger partial charge in [-0.25, -0.2) is 17.9 Å². The van der Waals surface area contributed by atoms with E-state index in [9.17, 15) is 13.2 Å². The van der Waals surface area contributed by atoms with Crippen LogP contribution in [-0.2, 0) is 14.8 Å². The number of carbonyl (C=O) groups is 1. The molecule has 0 fully saturated rings. The second kappa shape index (κ2) is 6.62. The lowest BCUT2D eigenvalue weighted by Gasteiger charge is -2.04. The lowest BCUT2D eigenvalue weighted by Crippen LogP contribution is -2.26. The highest BCUT2D eigenvalue weighted by molar-refractivity contribution is 9.11. The number of esters is 1. The molecule has 0 saturated heterocycles. The molecule has 0 atom stereocenters. The number of hydrogen-bond acceptors (Lipinski definition) is 6. The third kappa shape index (κ3) is 3.75. The maximum absolute atomic E-state index is 11.9. The number of thiophene rings is 1. The van der Waals surface area contributed by atoms with Gasteiger partial charge in [0.2, 0.25) is 10.0 Å². The van der Waals surface area contributed by atoms with Gasteiger partial charge in [0.15, 0.2) is 0 Å². The molecule has 1 aromatic rings. The average Bonchev–Trinajstić information content (AvgIpc) is 2.71. The number of methoxy groups -OCH3 is 1. The zero-order chi connectivity index (χ0) is 13.8. The van der Waals surface area contributed by atoms with Crippen LogP contribution in [0.5, 0.6) is 0 Å². The summed E-state index contributed by atoms with van der Waals surface area (Å²) in [6, 6.07) is 1.28. The van der Waals surface area contributed by atoms with Gasteiger partial charge in [-0.15, -0.1) is 11.3 Å². The van der Waals surface area contributed by atoms with Crippen molar-refractivity contribution in [1.29, 1.82) is 0 Å². The van der Waals surface area contributed by atoms with Crippen LogP contribution in [0.1, 0.15) is 16.1 Å². The van der Waals surface area contributed by atoms with Crippen molar-refractivity contribution in [2.75, 3.05) is 20.2 Å². The molecular formula is C9H13BrN2O4S2. The summed E-state index contributed by atoms with van der Waals surface area (Å²) in [6.07, 6.45) is 0.546. The van der Waals surface area contributed by atoms with Crippen LogP contribution in [0.3, 0.4) is 0 Å². The zero-order valence-corrected chi connectivity index (χ0v) is 12.8. The van der Waals surface area contributed by atoms with Gasteiger partial charge in [-0.1, -0.05) is 0 Å². The number of nitrogens with one attached hydrogen (secondary N) is 1. The second-order valence-corrected chi connectivity index (χ2v) is 7.39. The third-order valence-electron chi connectivity index (χ3n) is 2.00. The van der Waals surface area contributed by atoms with E-state index in [4.69, 9.17) is 5.73 Å². The highest BCUT2D eigenvalue weighted by Gasteiger charge is 2.23. The maximum Gasteiger partial charge on any atom is 0.348 e. The summed E-state index contributed by atoms with van der Waals surface area (Å²) in [4.78, 5) is 11.6. The highest BCUT2D eigenvalue weighted by Crippen LogP contribution is 2.31. The van der Waals surface area contributed by atoms with Gasteiger partial charge < -0.3 is 10.5 Å². The Morgan fingerprint density at radius 2 is 2.28 bits per heavy atom. The quantitative estimate of drug-likeness (QED) is 0.583. The Kier molecular flexibility index (Phi) is 5.73. The molecular weight excluding hydrogens is 344 g/mol. The number of nitrogens with two attached hydrogens (primary N) is 1. The first-order chi connectivity index (χ1) is 8.42. The molecule has 1 aromatic heterocycles. The Morgan fingerprint density at radius 3 is 2.83 bits per heavy atom. The smallest absolute Gasteiger partial charge is 0.348 e. The first-order valence-corrected chi connectivity index (χ1v) is 8.09. The van der Waals surface area contributed by atoms with Crippen LogP contribution in [0.25, 0.3) is 0 Å². The molecule has 0 spiro atoms. The van der Waals surface area contributed by atoms with E-state index in [1.54, 1.807) is 0 Å². The Balaban J connectivity index is 2.95. The molecule has 0 aliphatic heterocycles. The number of ether oxygens (including phenoxy) is 1. The molecule has 0 aliphatic rings. The summed E-state index contributed by atoms with van der Waals surface area (Å²) in [5.41, 5.74) is 5.29. The highest BCUT2D eigenvalue weighted by atomic mass is 79.9. The predicted molar refractivity (Wildman–Crippen MR) is 72.2 cm³/mol. The van der Waals surface area contributed by atoms with E-state index in [-0.39, 0.29) is 16.3 Å². The molecule has 0 bridgehead atoms. The number of hydrogen-bond donors (Lipinski definition) is 2. The summed E-state index contributed by atoms with van der Waals surface area (Å²) >= 11 is 4.14. The molecule has 3 N–H and O–H groups in total. The van der Waals surface area contributed by atoms with E-state index in [0.717, 1.165) is 11.3 Å². The monoisotopic (exact) mass is 356 g/mol. The number of rotatable bonds is 6. The van der Waals surface area contributed by atoms with Crippen molar-refractivity contribution in [2.45, 2.75) is 11.3 Å². The molecule has 0 aromatic carbocycles. The van der Waals surface area contributed by atoms with Gasteiger partial charge in [0.25, 0.3) is 0 Å². The molecule has 0 aliphatic carbocycles. The largest absolute Gasteiger partial charge is 0.465 e. The summed E-state index contributed by atoms with van der Waals surface area (Å²) in [5, 5.41) is 0. The Hall–Kier alpha value is -0.480. The van der Waals surface area contributed by atoms with E-state index in [0.29, 0.717) is 16.8 Å². The van der Waals surface area contributed by atoms with Crippen molar-refractivity contribution in [2.24, 2.45) is 5.73 Å². The molecule has 1 rings (SSSR count). The van der Waals surface area contributed by atoms with Crippen LogP contribution >= 0.6 is 27.3 Å². The van der Waals surface area contributed by atoms with Gasteiger partial charge in [0, 0.05) is 6.54 Å². The first kappa shape index (κ1) is 15.6. The molecule has 0 saturated carbocycles. The van der Waals surface area contributed by atoms with E-state index in [2.05, 4.69) is 25.4 Å². The Labute approximate surface area is 118 Å². The standard InChI is InChI=1S/C9H13BrN2O4S2/c1-16-9(13)6-5-7(8(10)17-6)18(14,15)12-4-2-3-11/h5,12H,2-4,11H2,1H3. The van der Waals surface area contributed by atoms with Crippen LogP contribution in [0, 0.1) is 0 Å². The van der Waals surface area contributed by atoms with Crippen molar-refractivity contribution in [3.63, 3.8) is 0 Å². The molecule has 0 radical (unpaired) electrons. The molecule has 9 heteroatoms. The lowest BCUT2D eigenvalue weighted by molar-refractivity contribution is 0.0606. The minimum atomic E-state index is -3.63. The van der Waals surface area contributed by atoms with E-state index in [1.807, 2.05) is 0 Å². The topological polar surface area (TPSA) is 98.5 Å².